The summed E-state index contributed by atoms with van der Waals surface area (Å²) >= 11 is 11.9. The monoisotopic (exact) mass is 384 g/mol. The number of rotatable bonds is 3. The molecule has 0 unspecified atom stereocenters. The lowest BCUT2D eigenvalue weighted by Crippen LogP contribution is -2.50. The zero-order chi connectivity index (χ0) is 17.5. The Morgan fingerprint density at radius 3 is 2.38 bits per heavy atom. The first-order chi connectivity index (χ1) is 11.4. The normalized spacial score (nSPS) is 16.2. The molecule has 0 fully saturated rings. The van der Waals surface area contributed by atoms with Gasteiger partial charge in [-0.15, -0.1) is 0 Å². The Balaban J connectivity index is 2.11. The summed E-state index contributed by atoms with van der Waals surface area (Å²) in [6, 6.07) is 11.6. The van der Waals surface area contributed by atoms with Crippen LogP contribution in [0.1, 0.15) is 22.8 Å². The predicted molar refractivity (Wildman–Crippen MR) is 94.7 cm³/mol. The van der Waals surface area contributed by atoms with Crippen LogP contribution in [0.4, 0.5) is 5.69 Å². The van der Waals surface area contributed by atoms with Gasteiger partial charge in [0.05, 0.1) is 27.8 Å². The van der Waals surface area contributed by atoms with Gasteiger partial charge in [0, 0.05) is 6.54 Å². The van der Waals surface area contributed by atoms with Crippen LogP contribution in [0.3, 0.4) is 0 Å². The number of amides is 1. The minimum atomic E-state index is -3.96. The van der Waals surface area contributed by atoms with Crippen LogP contribution in [0.5, 0.6) is 0 Å². The fraction of sp³-hybridized carbons (Fsp3) is 0.188. The Morgan fingerprint density at radius 1 is 1.00 bits per heavy atom. The number of hydrogen-bond acceptors (Lipinski definition) is 3. The van der Waals surface area contributed by atoms with Crippen molar-refractivity contribution >= 4 is 45.0 Å². The molecule has 1 heterocycles. The van der Waals surface area contributed by atoms with Crippen LogP contribution in [-0.4, -0.2) is 25.2 Å². The van der Waals surface area contributed by atoms with Gasteiger partial charge in [0.2, 0.25) is 0 Å². The zero-order valence-corrected chi connectivity index (χ0v) is 15.1. The van der Waals surface area contributed by atoms with Gasteiger partial charge in [-0.3, -0.25) is 4.79 Å². The van der Waals surface area contributed by atoms with Crippen molar-refractivity contribution in [2.75, 3.05) is 10.8 Å². The van der Waals surface area contributed by atoms with Gasteiger partial charge in [0.1, 0.15) is 0 Å². The maximum absolute atomic E-state index is 12.8. The molecule has 1 aliphatic rings. The number of carbonyl (C=O) groups is 1. The standard InChI is InChI=1S/C16H14Cl2N2O3S/c1-2-19-16(21)12-5-3-4-6-15(12)20(24(19,22)23)10-11-7-8-13(17)14(18)9-11/h3-9H,2,10H2,1H3. The molecule has 0 aliphatic carbocycles. The topological polar surface area (TPSA) is 57.7 Å². The van der Waals surface area contributed by atoms with Crippen molar-refractivity contribution in [3.63, 3.8) is 0 Å². The van der Waals surface area contributed by atoms with E-state index in [0.717, 1.165) is 4.31 Å². The van der Waals surface area contributed by atoms with Gasteiger partial charge < -0.3 is 0 Å². The summed E-state index contributed by atoms with van der Waals surface area (Å²) in [7, 11) is -3.96. The van der Waals surface area contributed by atoms with Crippen LogP contribution in [0.15, 0.2) is 42.5 Å². The van der Waals surface area contributed by atoms with Crippen LogP contribution in [0.25, 0.3) is 0 Å². The molecule has 2 aromatic carbocycles. The van der Waals surface area contributed by atoms with Gasteiger partial charge in [0.15, 0.2) is 0 Å². The maximum atomic E-state index is 12.8. The first-order valence-electron chi connectivity index (χ1n) is 7.24. The van der Waals surface area contributed by atoms with E-state index >= 15 is 0 Å². The Kier molecular flexibility index (Phi) is 4.46. The molecule has 126 valence electrons. The Morgan fingerprint density at radius 2 is 1.71 bits per heavy atom. The fourth-order valence-corrected chi connectivity index (χ4v) is 4.54. The third-order valence-electron chi connectivity index (χ3n) is 3.78. The Bertz CT molecular complexity index is 915. The second-order valence-electron chi connectivity index (χ2n) is 5.25. The Labute approximate surface area is 150 Å². The summed E-state index contributed by atoms with van der Waals surface area (Å²) in [5, 5.41) is 0.743. The van der Waals surface area contributed by atoms with Crippen LogP contribution in [0.2, 0.25) is 10.0 Å². The highest BCUT2D eigenvalue weighted by molar-refractivity contribution is 7.91. The number of fused-ring (bicyclic) bond motifs is 1. The minimum Gasteiger partial charge on any atom is -0.268 e. The van der Waals surface area contributed by atoms with E-state index in [1.807, 2.05) is 0 Å². The van der Waals surface area contributed by atoms with Gasteiger partial charge in [-0.05, 0) is 36.8 Å². The molecule has 0 atom stereocenters. The second-order valence-corrected chi connectivity index (χ2v) is 7.84. The van der Waals surface area contributed by atoms with E-state index in [1.165, 1.54) is 4.31 Å². The SMILES string of the molecule is CCN1C(=O)c2ccccc2N(Cc2ccc(Cl)c(Cl)c2)S1(=O)=O. The molecule has 8 heteroatoms. The third-order valence-corrected chi connectivity index (χ3v) is 6.39. The molecule has 2 aromatic rings. The number of benzene rings is 2. The summed E-state index contributed by atoms with van der Waals surface area (Å²) in [6.07, 6.45) is 0. The molecule has 24 heavy (non-hydrogen) atoms. The van der Waals surface area contributed by atoms with Gasteiger partial charge in [-0.25, -0.2) is 8.61 Å². The van der Waals surface area contributed by atoms with Crippen LogP contribution in [-0.2, 0) is 16.8 Å². The molecule has 1 amide bonds. The fourth-order valence-electron chi connectivity index (χ4n) is 2.63. The van der Waals surface area contributed by atoms with Crippen LogP contribution < -0.4 is 4.31 Å². The van der Waals surface area contributed by atoms with E-state index in [4.69, 9.17) is 23.2 Å². The summed E-state index contributed by atoms with van der Waals surface area (Å²) < 4.78 is 27.8. The van der Waals surface area contributed by atoms with E-state index in [-0.39, 0.29) is 13.1 Å². The van der Waals surface area contributed by atoms with Crippen molar-refractivity contribution in [3.8, 4) is 0 Å². The van der Waals surface area contributed by atoms with Crippen LogP contribution in [0, 0.1) is 0 Å². The maximum Gasteiger partial charge on any atom is 0.329 e. The van der Waals surface area contributed by atoms with E-state index in [1.54, 1.807) is 49.4 Å². The largest absolute Gasteiger partial charge is 0.329 e. The molecule has 3 rings (SSSR count). The van der Waals surface area contributed by atoms with E-state index in [0.29, 0.717) is 26.9 Å². The highest BCUT2D eigenvalue weighted by Gasteiger charge is 2.40. The van der Waals surface area contributed by atoms with Crippen molar-refractivity contribution in [2.24, 2.45) is 0 Å². The molecule has 5 nitrogen and oxygen atoms in total. The van der Waals surface area contributed by atoms with Crippen molar-refractivity contribution in [2.45, 2.75) is 13.5 Å². The molecular formula is C16H14Cl2N2O3S. The molecule has 1 aliphatic heterocycles. The average molecular weight is 385 g/mol. The number of nitrogens with zero attached hydrogens (tertiary/aromatic N) is 2. The first-order valence-corrected chi connectivity index (χ1v) is 9.39. The summed E-state index contributed by atoms with van der Waals surface area (Å²) in [6.45, 7) is 1.74. The highest BCUT2D eigenvalue weighted by Crippen LogP contribution is 2.34. The van der Waals surface area contributed by atoms with Crippen molar-refractivity contribution in [1.29, 1.82) is 0 Å². The van der Waals surface area contributed by atoms with Gasteiger partial charge >= 0.3 is 10.2 Å². The number of para-hydroxylation sites is 1. The molecule has 0 spiro atoms. The van der Waals surface area contributed by atoms with Crippen molar-refractivity contribution < 1.29 is 13.2 Å². The number of anilines is 1. The van der Waals surface area contributed by atoms with Gasteiger partial charge in [-0.1, -0.05) is 41.4 Å². The molecular weight excluding hydrogens is 371 g/mol. The predicted octanol–water partition coefficient (Wildman–Crippen LogP) is 3.72. The molecule has 0 bridgehead atoms. The van der Waals surface area contributed by atoms with Gasteiger partial charge in [0.25, 0.3) is 5.91 Å². The lowest BCUT2D eigenvalue weighted by Gasteiger charge is -2.36. The highest BCUT2D eigenvalue weighted by atomic mass is 35.5. The molecule has 0 N–H and O–H groups in total. The van der Waals surface area contributed by atoms with Crippen LogP contribution >= 0.6 is 23.2 Å². The van der Waals surface area contributed by atoms with Crippen molar-refractivity contribution in [3.05, 3.63) is 63.6 Å². The smallest absolute Gasteiger partial charge is 0.268 e. The summed E-state index contributed by atoms with van der Waals surface area (Å²) in [5.41, 5.74) is 1.39. The number of halogens is 2. The van der Waals surface area contributed by atoms with E-state index in [2.05, 4.69) is 0 Å². The van der Waals surface area contributed by atoms with E-state index in [9.17, 15) is 13.2 Å². The summed E-state index contributed by atoms with van der Waals surface area (Å²) in [5.74, 6) is -0.515. The lowest BCUT2D eigenvalue weighted by molar-refractivity contribution is 0.0862. The summed E-state index contributed by atoms with van der Waals surface area (Å²) in [4.78, 5) is 12.4. The molecule has 0 saturated carbocycles. The molecule has 0 radical (unpaired) electrons. The average Bonchev–Trinajstić information content (AvgIpc) is 2.55. The number of hydrogen-bond donors (Lipinski definition) is 0. The minimum absolute atomic E-state index is 0.0556. The lowest BCUT2D eigenvalue weighted by atomic mass is 10.1. The zero-order valence-electron chi connectivity index (χ0n) is 12.7. The van der Waals surface area contributed by atoms with Gasteiger partial charge in [-0.2, -0.15) is 8.42 Å². The van der Waals surface area contributed by atoms with E-state index < -0.39 is 16.1 Å². The third kappa shape index (κ3) is 2.75. The first kappa shape index (κ1) is 17.1. The quantitative estimate of drug-likeness (QED) is 0.809. The van der Waals surface area contributed by atoms with Crippen molar-refractivity contribution in [1.82, 2.24) is 4.31 Å². The second kappa shape index (κ2) is 6.27. The number of carbonyl (C=O) groups excluding carboxylic acids is 1. The molecule has 0 aromatic heterocycles. The molecule has 0 saturated heterocycles. The Hall–Kier alpha value is -1.76.